The molecule has 0 saturated carbocycles. The Balaban J connectivity index is 1.57. The van der Waals surface area contributed by atoms with Crippen LogP contribution in [0.4, 0.5) is 0 Å². The number of aliphatic hydroxyl groups is 1. The minimum absolute atomic E-state index is 0.0616. The van der Waals surface area contributed by atoms with Crippen LogP contribution in [0.2, 0.25) is 0 Å². The van der Waals surface area contributed by atoms with Gasteiger partial charge in [-0.05, 0) is 12.8 Å². The minimum atomic E-state index is -0.733. The Hall–Kier alpha value is -0.160. The number of hydrogen-bond donors (Lipinski definition) is 1. The molecule has 2 bridgehead atoms. The van der Waals surface area contributed by atoms with Crippen molar-refractivity contribution in [2.75, 3.05) is 26.4 Å². The maximum absolute atomic E-state index is 8.68. The molecule has 0 aromatic rings. The molecule has 18 heavy (non-hydrogen) atoms. The van der Waals surface area contributed by atoms with Gasteiger partial charge >= 0.3 is 0 Å². The van der Waals surface area contributed by atoms with Crippen molar-refractivity contribution in [1.82, 2.24) is 0 Å². The molecule has 0 atom stereocenters. The fourth-order valence-corrected chi connectivity index (χ4v) is 2.48. The summed E-state index contributed by atoms with van der Waals surface area (Å²) in [5, 5.41) is 8.68. The van der Waals surface area contributed by atoms with E-state index in [1.54, 1.807) is 0 Å². The third kappa shape index (κ3) is 3.67. The molecule has 3 fully saturated rings. The number of ether oxygens (including phenoxy) is 3. The molecule has 0 spiro atoms. The Kier molecular flexibility index (Phi) is 5.01. The zero-order chi connectivity index (χ0) is 12.9. The van der Waals surface area contributed by atoms with Crippen molar-refractivity contribution in [2.24, 2.45) is 5.41 Å². The predicted molar refractivity (Wildman–Crippen MR) is 68.1 cm³/mol. The number of hydrogen-bond acceptors (Lipinski definition) is 4. The summed E-state index contributed by atoms with van der Waals surface area (Å²) in [6.07, 6.45) is 7.57. The summed E-state index contributed by atoms with van der Waals surface area (Å²) in [6, 6.07) is 0. The molecule has 0 unspecified atom stereocenters. The van der Waals surface area contributed by atoms with Gasteiger partial charge in [0.05, 0.1) is 19.8 Å². The standard InChI is InChI=1S/C14H26O4/c1-13-10-16-14(17-11-13,18-12-13)8-6-4-2-3-5-7-9-15/h15H,2-12H2,1H3. The van der Waals surface area contributed by atoms with Crippen LogP contribution in [0.5, 0.6) is 0 Å². The molecule has 0 aromatic carbocycles. The van der Waals surface area contributed by atoms with Gasteiger partial charge in [0.25, 0.3) is 5.97 Å². The lowest BCUT2D eigenvalue weighted by Crippen LogP contribution is -2.58. The van der Waals surface area contributed by atoms with E-state index >= 15 is 0 Å². The van der Waals surface area contributed by atoms with Gasteiger partial charge in [0.1, 0.15) is 0 Å². The second kappa shape index (κ2) is 6.33. The topological polar surface area (TPSA) is 47.9 Å². The molecule has 4 nitrogen and oxygen atoms in total. The monoisotopic (exact) mass is 258 g/mol. The zero-order valence-corrected chi connectivity index (χ0v) is 11.5. The highest BCUT2D eigenvalue weighted by molar-refractivity contribution is 4.84. The fraction of sp³-hybridized carbons (Fsp3) is 1.00. The summed E-state index contributed by atoms with van der Waals surface area (Å²) in [5.74, 6) is -0.733. The van der Waals surface area contributed by atoms with Crippen molar-refractivity contribution >= 4 is 0 Å². The lowest BCUT2D eigenvalue weighted by Gasteiger charge is -2.50. The van der Waals surface area contributed by atoms with Crippen molar-refractivity contribution in [1.29, 1.82) is 0 Å². The van der Waals surface area contributed by atoms with E-state index in [0.29, 0.717) is 6.61 Å². The van der Waals surface area contributed by atoms with Crippen LogP contribution in [0.25, 0.3) is 0 Å². The number of fused-ring (bicyclic) bond motifs is 3. The zero-order valence-electron chi connectivity index (χ0n) is 11.5. The second-order valence-corrected chi connectivity index (χ2v) is 5.95. The SMILES string of the molecule is CC12COC(CCCCCCCCO)(OC1)OC2. The highest BCUT2D eigenvalue weighted by Gasteiger charge is 2.49. The van der Waals surface area contributed by atoms with Crippen LogP contribution in [0.15, 0.2) is 0 Å². The second-order valence-electron chi connectivity index (χ2n) is 5.95. The van der Waals surface area contributed by atoms with Gasteiger partial charge in [-0.15, -0.1) is 0 Å². The van der Waals surface area contributed by atoms with E-state index < -0.39 is 5.97 Å². The molecule has 0 amide bonds. The Morgan fingerprint density at radius 3 is 1.89 bits per heavy atom. The lowest BCUT2D eigenvalue weighted by molar-refractivity contribution is -0.467. The number of rotatable bonds is 8. The summed E-state index contributed by atoms with van der Waals surface area (Å²) < 4.78 is 17.2. The Labute approximate surface area is 110 Å². The molecule has 4 heteroatoms. The summed E-state index contributed by atoms with van der Waals surface area (Å²) in [5.41, 5.74) is 0.0616. The van der Waals surface area contributed by atoms with E-state index in [2.05, 4.69) is 6.92 Å². The molecule has 3 heterocycles. The molecule has 0 aromatic heterocycles. The molecule has 0 radical (unpaired) electrons. The number of aliphatic hydroxyl groups excluding tert-OH is 1. The highest BCUT2D eigenvalue weighted by Crippen LogP contribution is 2.40. The quantitative estimate of drug-likeness (QED) is 0.679. The van der Waals surface area contributed by atoms with E-state index in [1.165, 1.54) is 19.3 Å². The van der Waals surface area contributed by atoms with E-state index in [1.807, 2.05) is 0 Å². The first kappa shape index (κ1) is 14.3. The molecular weight excluding hydrogens is 232 g/mol. The first-order valence-electron chi connectivity index (χ1n) is 7.21. The largest absolute Gasteiger partial charge is 0.396 e. The maximum Gasteiger partial charge on any atom is 0.282 e. The predicted octanol–water partition coefficient (Wildman–Crippen LogP) is 2.45. The average molecular weight is 258 g/mol. The molecule has 3 rings (SSSR count). The molecule has 3 aliphatic heterocycles. The van der Waals surface area contributed by atoms with Crippen LogP contribution < -0.4 is 0 Å². The first-order chi connectivity index (χ1) is 8.68. The lowest BCUT2D eigenvalue weighted by atomic mass is 9.91. The molecule has 1 N–H and O–H groups in total. The third-order valence-corrected chi connectivity index (χ3v) is 3.81. The van der Waals surface area contributed by atoms with Gasteiger partial charge in [-0.3, -0.25) is 0 Å². The van der Waals surface area contributed by atoms with Crippen LogP contribution in [0.1, 0.15) is 51.9 Å². The van der Waals surface area contributed by atoms with Crippen LogP contribution in [-0.2, 0) is 14.2 Å². The van der Waals surface area contributed by atoms with Crippen molar-refractivity contribution in [3.63, 3.8) is 0 Å². The van der Waals surface area contributed by atoms with Crippen molar-refractivity contribution in [3.05, 3.63) is 0 Å². The van der Waals surface area contributed by atoms with E-state index in [9.17, 15) is 0 Å². The maximum atomic E-state index is 8.68. The molecule has 3 aliphatic rings. The normalized spacial score (nSPS) is 35.0. The number of unbranched alkanes of at least 4 members (excludes halogenated alkanes) is 5. The third-order valence-electron chi connectivity index (χ3n) is 3.81. The van der Waals surface area contributed by atoms with Crippen LogP contribution in [0, 0.1) is 5.41 Å². The summed E-state index contributed by atoms with van der Waals surface area (Å²) >= 11 is 0. The van der Waals surface area contributed by atoms with Gasteiger partial charge < -0.3 is 19.3 Å². The van der Waals surface area contributed by atoms with Gasteiger partial charge in [0, 0.05) is 18.4 Å². The summed E-state index contributed by atoms with van der Waals surface area (Å²) in [6.45, 7) is 4.71. The van der Waals surface area contributed by atoms with Gasteiger partial charge in [-0.1, -0.05) is 32.6 Å². The summed E-state index contributed by atoms with van der Waals surface area (Å²) in [4.78, 5) is 0. The smallest absolute Gasteiger partial charge is 0.282 e. The Morgan fingerprint density at radius 2 is 1.33 bits per heavy atom. The van der Waals surface area contributed by atoms with Crippen LogP contribution >= 0.6 is 0 Å². The molecule has 0 aliphatic carbocycles. The average Bonchev–Trinajstić information content (AvgIpc) is 2.40. The Morgan fingerprint density at radius 1 is 0.833 bits per heavy atom. The van der Waals surface area contributed by atoms with Gasteiger partial charge in [0.2, 0.25) is 0 Å². The van der Waals surface area contributed by atoms with E-state index in [4.69, 9.17) is 19.3 Å². The van der Waals surface area contributed by atoms with Crippen molar-refractivity contribution < 1.29 is 19.3 Å². The Bertz CT molecular complexity index is 230. The fourth-order valence-electron chi connectivity index (χ4n) is 2.48. The van der Waals surface area contributed by atoms with E-state index in [0.717, 1.165) is 45.5 Å². The van der Waals surface area contributed by atoms with Gasteiger partial charge in [0.15, 0.2) is 0 Å². The van der Waals surface area contributed by atoms with Gasteiger partial charge in [-0.2, -0.15) is 0 Å². The first-order valence-corrected chi connectivity index (χ1v) is 7.21. The van der Waals surface area contributed by atoms with Crippen LogP contribution in [-0.4, -0.2) is 37.5 Å². The van der Waals surface area contributed by atoms with Gasteiger partial charge in [-0.25, -0.2) is 0 Å². The molecule has 106 valence electrons. The molecule has 3 saturated heterocycles. The van der Waals surface area contributed by atoms with E-state index in [-0.39, 0.29) is 5.41 Å². The highest BCUT2D eigenvalue weighted by atomic mass is 16.9. The van der Waals surface area contributed by atoms with Crippen molar-refractivity contribution in [3.8, 4) is 0 Å². The minimum Gasteiger partial charge on any atom is -0.396 e. The summed E-state index contributed by atoms with van der Waals surface area (Å²) in [7, 11) is 0. The molecular formula is C14H26O4. The van der Waals surface area contributed by atoms with Crippen LogP contribution in [0.3, 0.4) is 0 Å². The van der Waals surface area contributed by atoms with Crippen molar-refractivity contribution in [2.45, 2.75) is 57.8 Å².